The van der Waals surface area contributed by atoms with Crippen LogP contribution in [0.5, 0.6) is 0 Å². The summed E-state index contributed by atoms with van der Waals surface area (Å²) < 4.78 is 0. The highest BCUT2D eigenvalue weighted by molar-refractivity contribution is 14.0. The quantitative estimate of drug-likeness (QED) is 0.383. The van der Waals surface area contributed by atoms with Crippen molar-refractivity contribution in [2.45, 2.75) is 45.3 Å². The molecule has 2 atom stereocenters. The van der Waals surface area contributed by atoms with Crippen LogP contribution in [-0.4, -0.2) is 47.3 Å². The van der Waals surface area contributed by atoms with Crippen LogP contribution in [0.1, 0.15) is 33.6 Å². The number of aliphatic imine (C=N–C) groups is 1. The summed E-state index contributed by atoms with van der Waals surface area (Å²) in [5, 5.41) is 16.8. The molecule has 0 radical (unpaired) electrons. The fourth-order valence-corrected chi connectivity index (χ4v) is 2.89. The number of guanidine groups is 1. The first-order valence-electron chi connectivity index (χ1n) is 6.44. The normalized spacial score (nSPS) is 25.4. The largest absolute Gasteiger partial charge is 0.387 e. The van der Waals surface area contributed by atoms with Crippen LogP contribution in [0.3, 0.4) is 0 Å². The Morgan fingerprint density at radius 2 is 2.22 bits per heavy atom. The van der Waals surface area contributed by atoms with Gasteiger partial charge in [-0.25, -0.2) is 0 Å². The average Bonchev–Trinajstić information content (AvgIpc) is 2.74. The van der Waals surface area contributed by atoms with Gasteiger partial charge in [-0.1, -0.05) is 6.92 Å². The zero-order valence-corrected chi connectivity index (χ0v) is 14.7. The van der Waals surface area contributed by atoms with Crippen molar-refractivity contribution in [3.8, 4) is 0 Å². The van der Waals surface area contributed by atoms with E-state index in [0.29, 0.717) is 12.6 Å². The van der Waals surface area contributed by atoms with Crippen molar-refractivity contribution in [2.75, 3.05) is 24.6 Å². The second-order valence-corrected chi connectivity index (χ2v) is 5.78. The Kier molecular flexibility index (Phi) is 9.41. The molecule has 0 aromatic rings. The number of thioether (sulfide) groups is 1. The molecule has 1 aliphatic heterocycles. The maximum atomic E-state index is 10.2. The summed E-state index contributed by atoms with van der Waals surface area (Å²) in [4.78, 5) is 4.49. The van der Waals surface area contributed by atoms with E-state index >= 15 is 0 Å². The SMILES string of the molecule is CCNC(=NCC1(O)CCSC1)NC(C)CC.I. The summed E-state index contributed by atoms with van der Waals surface area (Å²) in [7, 11) is 0. The van der Waals surface area contributed by atoms with Gasteiger partial charge in [0.2, 0.25) is 0 Å². The molecule has 0 spiro atoms. The highest BCUT2D eigenvalue weighted by atomic mass is 127. The van der Waals surface area contributed by atoms with Gasteiger partial charge in [-0.15, -0.1) is 24.0 Å². The Labute approximate surface area is 132 Å². The van der Waals surface area contributed by atoms with Crippen molar-refractivity contribution in [3.05, 3.63) is 0 Å². The molecule has 0 aliphatic carbocycles. The van der Waals surface area contributed by atoms with Crippen molar-refractivity contribution in [1.82, 2.24) is 10.6 Å². The minimum absolute atomic E-state index is 0. The zero-order valence-electron chi connectivity index (χ0n) is 11.5. The lowest BCUT2D eigenvalue weighted by atomic mass is 10.1. The van der Waals surface area contributed by atoms with Crippen molar-refractivity contribution in [2.24, 2.45) is 4.99 Å². The van der Waals surface area contributed by atoms with E-state index in [1.54, 1.807) is 11.8 Å². The Bertz CT molecular complexity index is 258. The second kappa shape index (κ2) is 9.25. The second-order valence-electron chi connectivity index (χ2n) is 4.68. The van der Waals surface area contributed by atoms with Crippen molar-refractivity contribution in [1.29, 1.82) is 0 Å². The highest BCUT2D eigenvalue weighted by Gasteiger charge is 2.31. The lowest BCUT2D eigenvalue weighted by Crippen LogP contribution is -2.43. The molecule has 6 heteroatoms. The lowest BCUT2D eigenvalue weighted by molar-refractivity contribution is 0.0778. The van der Waals surface area contributed by atoms with E-state index in [-0.39, 0.29) is 24.0 Å². The molecule has 1 heterocycles. The van der Waals surface area contributed by atoms with Gasteiger partial charge in [0.15, 0.2) is 5.96 Å². The van der Waals surface area contributed by atoms with Crippen molar-refractivity contribution < 1.29 is 5.11 Å². The maximum absolute atomic E-state index is 10.2. The number of hydrogen-bond acceptors (Lipinski definition) is 3. The van der Waals surface area contributed by atoms with Gasteiger partial charge < -0.3 is 15.7 Å². The average molecular weight is 387 g/mol. The number of nitrogens with zero attached hydrogens (tertiary/aromatic N) is 1. The van der Waals surface area contributed by atoms with Crippen LogP contribution in [0.2, 0.25) is 0 Å². The van der Waals surface area contributed by atoms with E-state index < -0.39 is 5.60 Å². The van der Waals surface area contributed by atoms with Crippen LogP contribution in [0.4, 0.5) is 0 Å². The Morgan fingerprint density at radius 1 is 1.50 bits per heavy atom. The standard InChI is InChI=1S/C12H25N3OS.HI/c1-4-10(3)15-11(13-5-2)14-8-12(16)6-7-17-9-12;/h10,16H,4-9H2,1-3H3,(H2,13,14,15);1H. The van der Waals surface area contributed by atoms with Gasteiger partial charge in [0, 0.05) is 18.3 Å². The fourth-order valence-electron chi connectivity index (χ4n) is 1.60. The molecule has 1 rings (SSSR count). The molecule has 0 amide bonds. The first-order chi connectivity index (χ1) is 8.09. The topological polar surface area (TPSA) is 56.7 Å². The third-order valence-corrected chi connectivity index (χ3v) is 4.19. The predicted octanol–water partition coefficient (Wildman–Crippen LogP) is 1.83. The van der Waals surface area contributed by atoms with Gasteiger partial charge in [-0.05, 0) is 32.4 Å². The van der Waals surface area contributed by atoms with Crippen LogP contribution in [0.25, 0.3) is 0 Å². The molecule has 2 unspecified atom stereocenters. The van der Waals surface area contributed by atoms with E-state index in [9.17, 15) is 5.11 Å². The molecule has 0 aromatic carbocycles. The first kappa shape index (κ1) is 18.3. The van der Waals surface area contributed by atoms with Crippen LogP contribution < -0.4 is 10.6 Å². The predicted molar refractivity (Wildman–Crippen MR) is 91.2 cm³/mol. The molecular formula is C12H26IN3OS. The number of halogens is 1. The summed E-state index contributed by atoms with van der Waals surface area (Å²) in [6.45, 7) is 7.66. The summed E-state index contributed by atoms with van der Waals surface area (Å²) in [6, 6.07) is 0.403. The summed E-state index contributed by atoms with van der Waals surface area (Å²) in [6.07, 6.45) is 1.91. The number of rotatable bonds is 5. The molecule has 0 saturated carbocycles. The van der Waals surface area contributed by atoms with E-state index in [4.69, 9.17) is 0 Å². The van der Waals surface area contributed by atoms with Gasteiger partial charge in [-0.3, -0.25) is 4.99 Å². The van der Waals surface area contributed by atoms with Gasteiger partial charge in [0.1, 0.15) is 0 Å². The third kappa shape index (κ3) is 6.47. The summed E-state index contributed by atoms with van der Waals surface area (Å²) in [5.41, 5.74) is -0.595. The van der Waals surface area contributed by atoms with E-state index in [2.05, 4.69) is 29.5 Å². The molecule has 4 nitrogen and oxygen atoms in total. The van der Waals surface area contributed by atoms with E-state index in [1.165, 1.54) is 0 Å². The molecule has 3 N–H and O–H groups in total. The van der Waals surface area contributed by atoms with Crippen LogP contribution >= 0.6 is 35.7 Å². The Hall–Kier alpha value is 0.310. The summed E-state index contributed by atoms with van der Waals surface area (Å²) >= 11 is 1.80. The molecule has 1 aliphatic rings. The van der Waals surface area contributed by atoms with Crippen LogP contribution in [0.15, 0.2) is 4.99 Å². The van der Waals surface area contributed by atoms with Crippen LogP contribution in [0, 0.1) is 0 Å². The van der Waals surface area contributed by atoms with Gasteiger partial charge in [-0.2, -0.15) is 11.8 Å². The molecule has 1 saturated heterocycles. The first-order valence-corrected chi connectivity index (χ1v) is 7.60. The van der Waals surface area contributed by atoms with E-state index in [0.717, 1.165) is 36.9 Å². The van der Waals surface area contributed by atoms with Crippen molar-refractivity contribution in [3.63, 3.8) is 0 Å². The minimum atomic E-state index is -0.595. The van der Waals surface area contributed by atoms with E-state index in [1.807, 2.05) is 6.92 Å². The molecule has 0 aromatic heterocycles. The monoisotopic (exact) mass is 387 g/mol. The maximum Gasteiger partial charge on any atom is 0.191 e. The van der Waals surface area contributed by atoms with Gasteiger partial charge in [0.05, 0.1) is 12.1 Å². The summed E-state index contributed by atoms with van der Waals surface area (Å²) in [5.74, 6) is 2.66. The third-order valence-electron chi connectivity index (χ3n) is 2.95. The highest BCUT2D eigenvalue weighted by Crippen LogP contribution is 2.27. The molecular weight excluding hydrogens is 361 g/mol. The van der Waals surface area contributed by atoms with Crippen molar-refractivity contribution >= 4 is 41.7 Å². The molecule has 0 bridgehead atoms. The van der Waals surface area contributed by atoms with Gasteiger partial charge >= 0.3 is 0 Å². The smallest absolute Gasteiger partial charge is 0.191 e. The van der Waals surface area contributed by atoms with Crippen LogP contribution in [-0.2, 0) is 0 Å². The Morgan fingerprint density at radius 3 is 2.72 bits per heavy atom. The van der Waals surface area contributed by atoms with Gasteiger partial charge in [0.25, 0.3) is 0 Å². The number of aliphatic hydroxyl groups is 1. The fraction of sp³-hybridized carbons (Fsp3) is 0.917. The lowest BCUT2D eigenvalue weighted by Gasteiger charge is -2.21. The molecule has 108 valence electrons. The zero-order chi connectivity index (χ0) is 12.7. The number of nitrogens with one attached hydrogen (secondary N) is 2. The minimum Gasteiger partial charge on any atom is -0.387 e. The Balaban J connectivity index is 0.00000289. The number of hydrogen-bond donors (Lipinski definition) is 3. The molecule has 1 fully saturated rings. The molecule has 18 heavy (non-hydrogen) atoms.